The van der Waals surface area contributed by atoms with E-state index in [1.165, 1.54) is 5.56 Å². The molecule has 3 aliphatic heterocycles. The van der Waals surface area contributed by atoms with Gasteiger partial charge in [0.25, 0.3) is 0 Å². The Labute approximate surface area is 212 Å². The molecule has 3 heterocycles. The van der Waals surface area contributed by atoms with Gasteiger partial charge in [-0.05, 0) is 44.4 Å². The van der Waals surface area contributed by atoms with E-state index in [1.807, 2.05) is 13.0 Å². The second-order valence-electron chi connectivity index (χ2n) is 8.30. The highest BCUT2D eigenvalue weighted by Crippen LogP contribution is 2.41. The van der Waals surface area contributed by atoms with Crippen molar-refractivity contribution in [2.45, 2.75) is 32.1 Å². The van der Waals surface area contributed by atoms with E-state index < -0.39 is 0 Å². The number of halogens is 1. The number of fused-ring (bicyclic) bond motifs is 1. The number of hydrogen-bond acceptors (Lipinski definition) is 6. The fourth-order valence-electron chi connectivity index (χ4n) is 4.49. The van der Waals surface area contributed by atoms with Crippen LogP contribution in [-0.4, -0.2) is 87.7 Å². The number of carbonyl (C=O) groups is 1. The van der Waals surface area contributed by atoms with Crippen molar-refractivity contribution in [1.82, 2.24) is 15.1 Å². The van der Waals surface area contributed by atoms with Gasteiger partial charge in [-0.15, -0.1) is 24.0 Å². The molecule has 1 amide bonds. The number of rotatable bonds is 5. The number of nitrogens with zero attached hydrogens (tertiary/aromatic N) is 3. The van der Waals surface area contributed by atoms with Crippen molar-refractivity contribution < 1.29 is 23.7 Å². The number of guanidine groups is 1. The van der Waals surface area contributed by atoms with Crippen LogP contribution >= 0.6 is 24.0 Å². The van der Waals surface area contributed by atoms with Gasteiger partial charge in [0.15, 0.2) is 17.5 Å². The molecule has 4 rings (SSSR count). The summed E-state index contributed by atoms with van der Waals surface area (Å²) in [4.78, 5) is 21.1. The Kier molecular flexibility index (Phi) is 9.30. The lowest BCUT2D eigenvalue weighted by atomic mass is 9.74. The van der Waals surface area contributed by atoms with Gasteiger partial charge in [0, 0.05) is 51.4 Å². The van der Waals surface area contributed by atoms with E-state index in [2.05, 4.69) is 29.3 Å². The lowest BCUT2D eigenvalue weighted by Crippen LogP contribution is -2.54. The van der Waals surface area contributed by atoms with Gasteiger partial charge in [-0.1, -0.05) is 6.07 Å². The summed E-state index contributed by atoms with van der Waals surface area (Å²) in [7, 11) is 0. The van der Waals surface area contributed by atoms with Crippen LogP contribution in [-0.2, 0) is 14.9 Å². The largest absolute Gasteiger partial charge is 0.454 e. The van der Waals surface area contributed by atoms with E-state index in [-0.39, 0.29) is 42.3 Å². The smallest absolute Gasteiger partial charge is 0.409 e. The van der Waals surface area contributed by atoms with Crippen LogP contribution in [0, 0.1) is 0 Å². The summed E-state index contributed by atoms with van der Waals surface area (Å²) in [6.07, 6.45) is 1.58. The zero-order valence-electron chi connectivity index (χ0n) is 19.5. The van der Waals surface area contributed by atoms with Crippen LogP contribution in [0.3, 0.4) is 0 Å². The second kappa shape index (κ2) is 12.0. The third-order valence-corrected chi connectivity index (χ3v) is 6.41. The maximum absolute atomic E-state index is 12.0. The topological polar surface area (TPSA) is 84.9 Å². The van der Waals surface area contributed by atoms with E-state index >= 15 is 0 Å². The van der Waals surface area contributed by atoms with Crippen molar-refractivity contribution in [1.29, 1.82) is 0 Å². The summed E-state index contributed by atoms with van der Waals surface area (Å²) in [5.41, 5.74) is 1.11. The number of carbonyl (C=O) groups excluding carboxylic acids is 1. The van der Waals surface area contributed by atoms with Crippen molar-refractivity contribution in [3.8, 4) is 11.5 Å². The number of ether oxygens (including phenoxy) is 4. The third kappa shape index (κ3) is 5.95. The summed E-state index contributed by atoms with van der Waals surface area (Å²) >= 11 is 0. The highest BCUT2D eigenvalue weighted by Gasteiger charge is 2.36. The Morgan fingerprint density at radius 3 is 2.48 bits per heavy atom. The molecule has 33 heavy (non-hydrogen) atoms. The highest BCUT2D eigenvalue weighted by atomic mass is 127. The molecule has 0 radical (unpaired) electrons. The van der Waals surface area contributed by atoms with Crippen LogP contribution in [0.15, 0.2) is 23.2 Å². The van der Waals surface area contributed by atoms with Crippen molar-refractivity contribution in [3.05, 3.63) is 23.8 Å². The lowest BCUT2D eigenvalue weighted by Gasteiger charge is -2.38. The van der Waals surface area contributed by atoms with Crippen LogP contribution in [0.1, 0.15) is 32.3 Å². The minimum atomic E-state index is -0.238. The van der Waals surface area contributed by atoms with E-state index in [0.717, 1.165) is 63.1 Å². The highest BCUT2D eigenvalue weighted by molar-refractivity contribution is 14.0. The Hall–Kier alpha value is -1.95. The van der Waals surface area contributed by atoms with E-state index in [9.17, 15) is 4.79 Å². The molecule has 0 spiro atoms. The first-order valence-electron chi connectivity index (χ1n) is 11.6. The first-order chi connectivity index (χ1) is 15.6. The van der Waals surface area contributed by atoms with Crippen LogP contribution < -0.4 is 14.8 Å². The zero-order chi connectivity index (χ0) is 22.4. The second-order valence-corrected chi connectivity index (χ2v) is 8.30. The zero-order valence-corrected chi connectivity index (χ0v) is 21.8. The number of piperazine rings is 1. The van der Waals surface area contributed by atoms with E-state index in [1.54, 1.807) is 4.90 Å². The molecule has 3 aliphatic rings. The molecule has 0 atom stereocenters. The van der Waals surface area contributed by atoms with Gasteiger partial charge in [0.1, 0.15) is 0 Å². The molecular formula is C23H35IN4O5. The predicted octanol–water partition coefficient (Wildman–Crippen LogP) is 2.82. The van der Waals surface area contributed by atoms with Crippen LogP contribution in [0.25, 0.3) is 0 Å². The third-order valence-electron chi connectivity index (χ3n) is 6.41. The molecule has 0 aromatic heterocycles. The van der Waals surface area contributed by atoms with Gasteiger partial charge < -0.3 is 34.1 Å². The molecule has 10 heteroatoms. The normalized spacial score (nSPS) is 19.6. The molecule has 2 saturated heterocycles. The fourth-order valence-corrected chi connectivity index (χ4v) is 4.49. The van der Waals surface area contributed by atoms with E-state index in [4.69, 9.17) is 23.9 Å². The Morgan fingerprint density at radius 1 is 1.09 bits per heavy atom. The lowest BCUT2D eigenvalue weighted by molar-refractivity contribution is 0.0529. The minimum Gasteiger partial charge on any atom is -0.454 e. The summed E-state index contributed by atoms with van der Waals surface area (Å²) < 4.78 is 21.9. The van der Waals surface area contributed by atoms with Gasteiger partial charge in [0.05, 0.1) is 13.2 Å². The average Bonchev–Trinajstić information content (AvgIpc) is 3.31. The summed E-state index contributed by atoms with van der Waals surface area (Å²) in [5.74, 6) is 2.49. The number of nitrogens with one attached hydrogen (secondary N) is 1. The van der Waals surface area contributed by atoms with Crippen molar-refractivity contribution in [3.63, 3.8) is 0 Å². The monoisotopic (exact) mass is 574 g/mol. The maximum atomic E-state index is 12.0. The van der Waals surface area contributed by atoms with Gasteiger partial charge >= 0.3 is 6.09 Å². The first kappa shape index (κ1) is 25.7. The molecule has 2 fully saturated rings. The Morgan fingerprint density at radius 2 is 1.79 bits per heavy atom. The average molecular weight is 574 g/mol. The van der Waals surface area contributed by atoms with Crippen molar-refractivity contribution >= 4 is 36.0 Å². The molecule has 9 nitrogen and oxygen atoms in total. The van der Waals surface area contributed by atoms with Gasteiger partial charge in [-0.3, -0.25) is 4.99 Å². The Bertz CT molecular complexity index is 823. The van der Waals surface area contributed by atoms with Crippen molar-refractivity contribution in [2.75, 3.05) is 65.9 Å². The summed E-state index contributed by atoms with van der Waals surface area (Å²) in [6.45, 7) is 10.2. The van der Waals surface area contributed by atoms with Gasteiger partial charge in [-0.25, -0.2) is 4.79 Å². The molecule has 0 bridgehead atoms. The molecular weight excluding hydrogens is 539 g/mol. The number of hydrogen-bond donors (Lipinski definition) is 1. The predicted molar refractivity (Wildman–Crippen MR) is 136 cm³/mol. The van der Waals surface area contributed by atoms with Crippen LogP contribution in [0.5, 0.6) is 11.5 Å². The molecule has 0 unspecified atom stereocenters. The fraction of sp³-hybridized carbons (Fsp3) is 0.652. The van der Waals surface area contributed by atoms with Crippen LogP contribution in [0.4, 0.5) is 4.79 Å². The first-order valence-corrected chi connectivity index (χ1v) is 11.6. The standard InChI is InChI=1S/C23H34N4O5.HI/c1-3-24-21(26-9-11-27(12-10-26)22(28)30-4-2)25-16-23(7-13-29-14-8-23)18-5-6-19-20(15-18)32-17-31-19;/h5-6,15H,3-4,7-14,16-17H2,1-2H3,(H,24,25);1H. The molecule has 1 aromatic rings. The molecule has 184 valence electrons. The molecule has 0 aliphatic carbocycles. The molecule has 0 saturated carbocycles. The molecule has 1 aromatic carbocycles. The Balaban J connectivity index is 0.00000306. The van der Waals surface area contributed by atoms with E-state index in [0.29, 0.717) is 26.2 Å². The summed E-state index contributed by atoms with van der Waals surface area (Å²) in [5, 5.41) is 3.44. The number of benzene rings is 1. The quantitative estimate of drug-likeness (QED) is 0.329. The number of aliphatic imine (C=N–C) groups is 1. The van der Waals surface area contributed by atoms with Gasteiger partial charge in [-0.2, -0.15) is 0 Å². The maximum Gasteiger partial charge on any atom is 0.409 e. The molecule has 1 N–H and O–H groups in total. The van der Waals surface area contributed by atoms with Crippen molar-refractivity contribution in [2.24, 2.45) is 4.99 Å². The van der Waals surface area contributed by atoms with Gasteiger partial charge in [0.2, 0.25) is 6.79 Å². The van der Waals surface area contributed by atoms with Crippen LogP contribution in [0.2, 0.25) is 0 Å². The SMILES string of the molecule is CCNC(=NCC1(c2ccc3c(c2)OCO3)CCOCC1)N1CCN(C(=O)OCC)CC1.I. The summed E-state index contributed by atoms with van der Waals surface area (Å²) in [6, 6.07) is 6.24. The minimum absolute atomic E-state index is 0. The number of amides is 1.